The highest BCUT2D eigenvalue weighted by atomic mass is 15.0. The molecule has 3 rings (SSSR count). The maximum Gasteiger partial charge on any atom is 0.180 e. The van der Waals surface area contributed by atoms with Crippen LogP contribution in [-0.2, 0) is 0 Å². The molecule has 0 radical (unpaired) electrons. The number of pyridine rings is 1. The average Bonchev–Trinajstić information content (AvgIpc) is 2.55. The molecule has 3 aromatic rings. The van der Waals surface area contributed by atoms with E-state index in [1.165, 1.54) is 0 Å². The highest BCUT2D eigenvalue weighted by molar-refractivity contribution is 5.74. The van der Waals surface area contributed by atoms with Crippen molar-refractivity contribution in [2.75, 3.05) is 5.73 Å². The van der Waals surface area contributed by atoms with Crippen molar-refractivity contribution in [3.63, 3.8) is 0 Å². The Balaban J connectivity index is 2.24. The normalized spacial score (nSPS) is 10.0. The Morgan fingerprint density at radius 2 is 1.71 bits per heavy atom. The summed E-state index contributed by atoms with van der Waals surface area (Å²) in [7, 11) is 0. The van der Waals surface area contributed by atoms with Crippen LogP contribution in [0.25, 0.3) is 22.8 Å². The first kappa shape index (κ1) is 12.8. The highest BCUT2D eigenvalue weighted by Gasteiger charge is 2.15. The van der Waals surface area contributed by atoms with Crippen molar-refractivity contribution in [2.45, 2.75) is 0 Å². The van der Waals surface area contributed by atoms with Crippen LogP contribution in [0.3, 0.4) is 0 Å². The van der Waals surface area contributed by atoms with Crippen LogP contribution in [0.5, 0.6) is 0 Å². The summed E-state index contributed by atoms with van der Waals surface area (Å²) in [6, 6.07) is 17.0. The Morgan fingerprint density at radius 1 is 0.952 bits per heavy atom. The van der Waals surface area contributed by atoms with Crippen molar-refractivity contribution in [3.8, 4) is 28.8 Å². The molecule has 100 valence electrons. The molecule has 0 aliphatic carbocycles. The van der Waals surface area contributed by atoms with Crippen LogP contribution in [0, 0.1) is 11.3 Å². The summed E-state index contributed by atoms with van der Waals surface area (Å²) < 4.78 is 0. The van der Waals surface area contributed by atoms with Crippen molar-refractivity contribution >= 4 is 5.82 Å². The second kappa shape index (κ2) is 5.39. The zero-order valence-corrected chi connectivity index (χ0v) is 11.1. The third-order valence-electron chi connectivity index (χ3n) is 2.99. The topological polar surface area (TPSA) is 88.5 Å². The summed E-state index contributed by atoms with van der Waals surface area (Å²) >= 11 is 0. The van der Waals surface area contributed by atoms with Crippen LogP contribution in [-0.4, -0.2) is 15.0 Å². The number of hydrogen-bond acceptors (Lipinski definition) is 5. The number of rotatable bonds is 2. The molecular formula is C16H11N5. The fourth-order valence-electron chi connectivity index (χ4n) is 2.00. The van der Waals surface area contributed by atoms with Gasteiger partial charge in [0.25, 0.3) is 0 Å². The molecule has 0 unspecified atom stereocenters. The number of nitrogens with zero attached hydrogens (tertiary/aromatic N) is 4. The molecule has 2 N–H and O–H groups in total. The fraction of sp³-hybridized carbons (Fsp3) is 0. The lowest BCUT2D eigenvalue weighted by Crippen LogP contribution is -2.03. The van der Waals surface area contributed by atoms with Gasteiger partial charge < -0.3 is 5.73 Å². The van der Waals surface area contributed by atoms with E-state index >= 15 is 0 Å². The van der Waals surface area contributed by atoms with Crippen molar-refractivity contribution < 1.29 is 0 Å². The summed E-state index contributed by atoms with van der Waals surface area (Å²) in [4.78, 5) is 12.9. The number of nitrogen functional groups attached to an aromatic ring is 1. The van der Waals surface area contributed by atoms with Gasteiger partial charge in [-0.05, 0) is 12.1 Å². The van der Waals surface area contributed by atoms with Gasteiger partial charge in [0.05, 0.1) is 5.69 Å². The van der Waals surface area contributed by atoms with Crippen LogP contribution >= 0.6 is 0 Å². The number of anilines is 1. The van der Waals surface area contributed by atoms with E-state index in [0.29, 0.717) is 17.2 Å². The Kier molecular flexibility index (Phi) is 3.27. The molecule has 2 heterocycles. The van der Waals surface area contributed by atoms with E-state index in [9.17, 15) is 5.26 Å². The van der Waals surface area contributed by atoms with Gasteiger partial charge in [-0.15, -0.1) is 0 Å². The quantitative estimate of drug-likeness (QED) is 0.775. The second-order valence-corrected chi connectivity index (χ2v) is 4.35. The van der Waals surface area contributed by atoms with Gasteiger partial charge in [0, 0.05) is 11.8 Å². The maximum absolute atomic E-state index is 9.30. The minimum absolute atomic E-state index is 0.159. The molecule has 0 amide bonds. The van der Waals surface area contributed by atoms with Gasteiger partial charge >= 0.3 is 0 Å². The lowest BCUT2D eigenvalue weighted by Gasteiger charge is -2.08. The van der Waals surface area contributed by atoms with E-state index in [-0.39, 0.29) is 11.4 Å². The van der Waals surface area contributed by atoms with Crippen LogP contribution in [0.2, 0.25) is 0 Å². The number of nitriles is 1. The Labute approximate surface area is 121 Å². The molecule has 0 aliphatic heterocycles. The lowest BCUT2D eigenvalue weighted by atomic mass is 10.1. The summed E-state index contributed by atoms with van der Waals surface area (Å²) in [6.07, 6.45) is 1.66. The van der Waals surface area contributed by atoms with E-state index in [4.69, 9.17) is 5.73 Å². The molecule has 0 saturated heterocycles. The molecule has 0 bridgehead atoms. The first-order chi connectivity index (χ1) is 10.3. The number of hydrogen-bond donors (Lipinski definition) is 1. The van der Waals surface area contributed by atoms with Crippen molar-refractivity contribution in [2.24, 2.45) is 0 Å². The molecule has 1 aromatic carbocycles. The van der Waals surface area contributed by atoms with Gasteiger partial charge in [-0.3, -0.25) is 4.98 Å². The Hall–Kier alpha value is -3.26. The summed E-state index contributed by atoms with van der Waals surface area (Å²) in [5.41, 5.74) is 8.14. The third kappa shape index (κ3) is 2.42. The van der Waals surface area contributed by atoms with Crippen LogP contribution < -0.4 is 5.73 Å². The van der Waals surface area contributed by atoms with Gasteiger partial charge in [-0.1, -0.05) is 36.4 Å². The van der Waals surface area contributed by atoms with Gasteiger partial charge in [0.1, 0.15) is 23.1 Å². The SMILES string of the molecule is N#Cc1c(N)nc(-c2ccccn2)nc1-c1ccccc1. The van der Waals surface area contributed by atoms with Crippen LogP contribution in [0.1, 0.15) is 5.56 Å². The third-order valence-corrected chi connectivity index (χ3v) is 2.99. The van der Waals surface area contributed by atoms with Gasteiger partial charge in [0.2, 0.25) is 0 Å². The predicted octanol–water partition coefficient (Wildman–Crippen LogP) is 2.66. The minimum Gasteiger partial charge on any atom is -0.382 e. The Morgan fingerprint density at radius 3 is 2.38 bits per heavy atom. The molecule has 2 aromatic heterocycles. The molecule has 5 heteroatoms. The second-order valence-electron chi connectivity index (χ2n) is 4.35. The van der Waals surface area contributed by atoms with Gasteiger partial charge in [-0.2, -0.15) is 5.26 Å². The van der Waals surface area contributed by atoms with Crippen LogP contribution in [0.4, 0.5) is 5.82 Å². The molecule has 0 saturated carbocycles. The van der Waals surface area contributed by atoms with E-state index < -0.39 is 0 Å². The van der Waals surface area contributed by atoms with Crippen LogP contribution in [0.15, 0.2) is 54.7 Å². The summed E-state index contributed by atoms with van der Waals surface area (Å²) in [6.45, 7) is 0. The van der Waals surface area contributed by atoms with Crippen molar-refractivity contribution in [1.29, 1.82) is 5.26 Å². The molecule has 0 spiro atoms. The smallest absolute Gasteiger partial charge is 0.180 e. The molecule has 0 aliphatic rings. The average molecular weight is 273 g/mol. The molecule has 0 atom stereocenters. The number of benzene rings is 1. The summed E-state index contributed by atoms with van der Waals surface area (Å²) in [5, 5.41) is 9.30. The van der Waals surface area contributed by atoms with E-state index in [2.05, 4.69) is 21.0 Å². The minimum atomic E-state index is 0.159. The highest BCUT2D eigenvalue weighted by Crippen LogP contribution is 2.26. The van der Waals surface area contributed by atoms with E-state index in [0.717, 1.165) is 5.56 Å². The summed E-state index contributed by atoms with van der Waals surface area (Å²) in [5.74, 6) is 0.568. The zero-order valence-electron chi connectivity index (χ0n) is 11.1. The van der Waals surface area contributed by atoms with Gasteiger partial charge in [0.15, 0.2) is 5.82 Å². The number of aromatic nitrogens is 3. The molecule has 0 fully saturated rings. The van der Waals surface area contributed by atoms with Crippen molar-refractivity contribution in [1.82, 2.24) is 15.0 Å². The van der Waals surface area contributed by atoms with Gasteiger partial charge in [-0.25, -0.2) is 9.97 Å². The maximum atomic E-state index is 9.30. The fourth-order valence-corrected chi connectivity index (χ4v) is 2.00. The molecular weight excluding hydrogens is 262 g/mol. The first-order valence-corrected chi connectivity index (χ1v) is 6.34. The lowest BCUT2D eigenvalue weighted by molar-refractivity contribution is 1.14. The monoisotopic (exact) mass is 273 g/mol. The first-order valence-electron chi connectivity index (χ1n) is 6.34. The molecule has 21 heavy (non-hydrogen) atoms. The zero-order chi connectivity index (χ0) is 14.7. The van der Waals surface area contributed by atoms with Crippen molar-refractivity contribution in [3.05, 3.63) is 60.3 Å². The predicted molar refractivity (Wildman–Crippen MR) is 79.8 cm³/mol. The Bertz CT molecular complexity index is 807. The molecule has 5 nitrogen and oxygen atoms in total. The standard InChI is InChI=1S/C16H11N5/c17-10-12-14(11-6-2-1-3-7-11)20-16(21-15(12)18)13-8-4-5-9-19-13/h1-9H,(H2,18,20,21). The largest absolute Gasteiger partial charge is 0.382 e. The van der Waals surface area contributed by atoms with E-state index in [1.807, 2.05) is 42.5 Å². The number of nitrogens with two attached hydrogens (primary N) is 1. The van der Waals surface area contributed by atoms with E-state index in [1.54, 1.807) is 12.3 Å².